The first-order valence-electron chi connectivity index (χ1n) is 17.0. The number of benzene rings is 4. The first kappa shape index (κ1) is 37.0. The Morgan fingerprint density at radius 2 is 1.30 bits per heavy atom. The van der Waals surface area contributed by atoms with Crippen molar-refractivity contribution >= 4 is 17.7 Å². The highest BCUT2D eigenvalue weighted by molar-refractivity contribution is 5.94. The van der Waals surface area contributed by atoms with Gasteiger partial charge in [0, 0.05) is 57.4 Å². The summed E-state index contributed by atoms with van der Waals surface area (Å²) in [5.41, 5.74) is 5.83. The molecule has 0 radical (unpaired) electrons. The maximum absolute atomic E-state index is 13.0. The van der Waals surface area contributed by atoms with Crippen molar-refractivity contribution in [3.05, 3.63) is 126 Å². The average Bonchev–Trinajstić information content (AvgIpc) is 3.14. The number of rotatable bonds is 11. The Morgan fingerprint density at radius 3 is 1.94 bits per heavy atom. The van der Waals surface area contributed by atoms with Crippen molar-refractivity contribution in [3.63, 3.8) is 0 Å². The van der Waals surface area contributed by atoms with Crippen LogP contribution in [0.1, 0.15) is 62.0 Å². The van der Waals surface area contributed by atoms with E-state index in [0.29, 0.717) is 12.1 Å². The van der Waals surface area contributed by atoms with Crippen molar-refractivity contribution in [1.82, 2.24) is 15.1 Å². The molecule has 0 unspecified atom stereocenters. The third kappa shape index (κ3) is 12.0. The zero-order chi connectivity index (χ0) is 33.9. The highest BCUT2D eigenvalue weighted by Crippen LogP contribution is 2.28. The predicted octanol–water partition coefficient (Wildman–Crippen LogP) is 8.48. The van der Waals surface area contributed by atoms with Crippen molar-refractivity contribution in [1.29, 1.82) is 0 Å². The maximum Gasteiger partial charge on any atom is 0.411 e. The molecule has 1 aliphatic heterocycles. The van der Waals surface area contributed by atoms with E-state index in [4.69, 9.17) is 4.74 Å². The molecule has 1 heterocycles. The second kappa shape index (κ2) is 20.6. The van der Waals surface area contributed by atoms with Crippen molar-refractivity contribution in [3.8, 4) is 11.1 Å². The fourth-order valence-electron chi connectivity index (χ4n) is 5.33. The number of likely N-dealkylation sites (tertiary alicyclic amines) is 1. The van der Waals surface area contributed by atoms with Gasteiger partial charge in [0.05, 0.1) is 5.69 Å². The lowest BCUT2D eigenvalue weighted by Gasteiger charge is -2.32. The molecule has 2 N–H and O–H groups in total. The minimum atomic E-state index is -0.426. The fourth-order valence-corrected chi connectivity index (χ4v) is 5.33. The van der Waals surface area contributed by atoms with Gasteiger partial charge in [-0.2, -0.15) is 0 Å². The molecule has 47 heavy (non-hydrogen) atoms. The summed E-state index contributed by atoms with van der Waals surface area (Å²) >= 11 is 0. The van der Waals surface area contributed by atoms with Crippen LogP contribution in [0.3, 0.4) is 0 Å². The number of ether oxygens (including phenoxy) is 1. The van der Waals surface area contributed by atoms with Crippen LogP contribution in [0.15, 0.2) is 109 Å². The van der Waals surface area contributed by atoms with Crippen molar-refractivity contribution in [2.75, 3.05) is 38.5 Å². The zero-order valence-corrected chi connectivity index (χ0v) is 28.7. The first-order chi connectivity index (χ1) is 23.0. The molecule has 1 fully saturated rings. The van der Waals surface area contributed by atoms with Crippen LogP contribution in [0.25, 0.3) is 11.1 Å². The van der Waals surface area contributed by atoms with Gasteiger partial charge >= 0.3 is 6.09 Å². The van der Waals surface area contributed by atoms with Gasteiger partial charge in [0.15, 0.2) is 0 Å². The lowest BCUT2D eigenvalue weighted by molar-refractivity contribution is 0.0540. The van der Waals surface area contributed by atoms with Crippen LogP contribution in [-0.2, 0) is 17.8 Å². The molecule has 0 atom stereocenters. The van der Waals surface area contributed by atoms with Crippen LogP contribution in [-0.4, -0.2) is 61.1 Å². The second-order valence-corrected chi connectivity index (χ2v) is 11.0. The summed E-state index contributed by atoms with van der Waals surface area (Å²) in [5, 5.41) is 6.38. The lowest BCUT2D eigenvalue weighted by Crippen LogP contribution is -2.42. The second-order valence-electron chi connectivity index (χ2n) is 11.0. The lowest BCUT2D eigenvalue weighted by atomic mass is 10.0. The Balaban J connectivity index is 0.00000144. The molecule has 250 valence electrons. The number of anilines is 1. The molecule has 4 aromatic carbocycles. The minimum absolute atomic E-state index is 0.0227. The topological polar surface area (TPSA) is 73.9 Å². The van der Waals surface area contributed by atoms with Crippen LogP contribution >= 0.6 is 0 Å². The number of carbonyl (C=O) groups excluding carboxylic acids is 2. The summed E-state index contributed by atoms with van der Waals surface area (Å²) in [6.45, 7) is 12.6. The number of hydrogen-bond acceptors (Lipinski definition) is 5. The first-order valence-corrected chi connectivity index (χ1v) is 17.0. The standard InChI is InChI=1S/C36H40N4O3.2C2H6/c1-39(35(41)31-18-16-29(17-19-31)27-37-26-28-10-4-2-5-11-28)24-25-40-22-20-32(21-23-40)43-36(42)38-34-15-9-8-14-33(34)30-12-6-3-7-13-30;2*1-2/h2-19,32,37H,20-27H2,1H3,(H,38,42);2*1-2H3. The van der Waals surface area contributed by atoms with Crippen LogP contribution < -0.4 is 10.6 Å². The van der Waals surface area contributed by atoms with Gasteiger partial charge in [0.2, 0.25) is 0 Å². The van der Waals surface area contributed by atoms with E-state index < -0.39 is 6.09 Å². The maximum atomic E-state index is 13.0. The smallest absolute Gasteiger partial charge is 0.411 e. The number of nitrogens with zero attached hydrogens (tertiary/aromatic N) is 2. The fraction of sp³-hybridized carbons (Fsp3) is 0.350. The van der Waals surface area contributed by atoms with E-state index in [1.165, 1.54) is 5.56 Å². The molecule has 0 aliphatic carbocycles. The molecular formula is C40H52N4O3. The van der Waals surface area contributed by atoms with Gasteiger partial charge in [0.1, 0.15) is 6.10 Å². The predicted molar refractivity (Wildman–Crippen MR) is 195 cm³/mol. The average molecular weight is 637 g/mol. The van der Waals surface area contributed by atoms with E-state index in [1.54, 1.807) is 4.90 Å². The zero-order valence-electron chi connectivity index (χ0n) is 28.7. The molecule has 0 bridgehead atoms. The van der Waals surface area contributed by atoms with Gasteiger partial charge in [-0.25, -0.2) is 4.79 Å². The number of amides is 2. The largest absolute Gasteiger partial charge is 0.446 e. The number of para-hydroxylation sites is 1. The van der Waals surface area contributed by atoms with E-state index in [0.717, 1.165) is 67.9 Å². The van der Waals surface area contributed by atoms with Gasteiger partial charge < -0.3 is 19.9 Å². The van der Waals surface area contributed by atoms with Crippen LogP contribution in [0, 0.1) is 0 Å². The Kier molecular flexibility index (Phi) is 16.2. The highest BCUT2D eigenvalue weighted by Gasteiger charge is 2.23. The van der Waals surface area contributed by atoms with Gasteiger partial charge in [0.25, 0.3) is 5.91 Å². The molecule has 2 amide bonds. The van der Waals surface area contributed by atoms with Crippen molar-refractivity contribution in [2.45, 2.75) is 59.7 Å². The minimum Gasteiger partial charge on any atom is -0.446 e. The number of hydrogen-bond donors (Lipinski definition) is 2. The summed E-state index contributed by atoms with van der Waals surface area (Å²) in [6, 6.07) is 35.9. The monoisotopic (exact) mass is 636 g/mol. The van der Waals surface area contributed by atoms with Crippen LogP contribution in [0.2, 0.25) is 0 Å². The quantitative estimate of drug-likeness (QED) is 0.173. The molecule has 0 aromatic heterocycles. The number of likely N-dealkylation sites (N-methyl/N-ethyl adjacent to an activating group) is 1. The third-order valence-corrected chi connectivity index (χ3v) is 7.86. The van der Waals surface area contributed by atoms with Crippen LogP contribution in [0.5, 0.6) is 0 Å². The number of carbonyl (C=O) groups is 2. The summed E-state index contributed by atoms with van der Waals surface area (Å²) in [4.78, 5) is 29.8. The molecule has 4 aromatic rings. The molecule has 0 spiro atoms. The van der Waals surface area contributed by atoms with E-state index in [9.17, 15) is 9.59 Å². The molecule has 1 saturated heterocycles. The Hall–Kier alpha value is -4.46. The Bertz CT molecular complexity index is 1450. The Labute approximate surface area is 282 Å². The number of piperidine rings is 1. The van der Waals surface area contributed by atoms with Crippen molar-refractivity contribution in [2.24, 2.45) is 0 Å². The van der Waals surface area contributed by atoms with E-state index in [1.807, 2.05) is 132 Å². The molecule has 1 aliphatic rings. The van der Waals surface area contributed by atoms with E-state index in [-0.39, 0.29) is 12.0 Å². The van der Waals surface area contributed by atoms with Gasteiger partial charge in [-0.1, -0.05) is 119 Å². The number of nitrogens with one attached hydrogen (secondary N) is 2. The van der Waals surface area contributed by atoms with Crippen LogP contribution in [0.4, 0.5) is 10.5 Å². The highest BCUT2D eigenvalue weighted by atomic mass is 16.6. The van der Waals surface area contributed by atoms with E-state index >= 15 is 0 Å². The normalized spacial score (nSPS) is 12.9. The summed E-state index contributed by atoms with van der Waals surface area (Å²) in [5.74, 6) is 0.0227. The van der Waals surface area contributed by atoms with Gasteiger partial charge in [-0.3, -0.25) is 10.1 Å². The molecule has 0 saturated carbocycles. The SMILES string of the molecule is CC.CC.CN(CCN1CCC(OC(=O)Nc2ccccc2-c2ccccc2)CC1)C(=O)c1ccc(CNCc2ccccc2)cc1. The molecular weight excluding hydrogens is 584 g/mol. The Morgan fingerprint density at radius 1 is 0.745 bits per heavy atom. The summed E-state index contributed by atoms with van der Waals surface area (Å²) in [6.07, 6.45) is 0.987. The third-order valence-electron chi connectivity index (χ3n) is 7.86. The van der Waals surface area contributed by atoms with Crippen molar-refractivity contribution < 1.29 is 14.3 Å². The summed E-state index contributed by atoms with van der Waals surface area (Å²) in [7, 11) is 1.85. The molecule has 7 heteroatoms. The molecule has 7 nitrogen and oxygen atoms in total. The van der Waals surface area contributed by atoms with Gasteiger partial charge in [-0.05, 0) is 47.7 Å². The van der Waals surface area contributed by atoms with E-state index in [2.05, 4.69) is 27.7 Å². The van der Waals surface area contributed by atoms with Gasteiger partial charge in [-0.15, -0.1) is 0 Å². The summed E-state index contributed by atoms with van der Waals surface area (Å²) < 4.78 is 5.77. The molecule has 5 rings (SSSR count).